The number of ether oxygens (including phenoxy) is 2. The number of benzene rings is 2. The van der Waals surface area contributed by atoms with Crippen LogP contribution in [-0.4, -0.2) is 24.2 Å². The van der Waals surface area contributed by atoms with Crippen LogP contribution in [0.4, 0.5) is 0 Å². The molecule has 2 aromatic carbocycles. The second kappa shape index (κ2) is 4.65. The van der Waals surface area contributed by atoms with Crippen LogP contribution in [-0.2, 0) is 0 Å². The highest BCUT2D eigenvalue weighted by Gasteiger charge is 2.10. The average Bonchev–Trinajstić information content (AvgIpc) is 2.89. The van der Waals surface area contributed by atoms with Crippen molar-refractivity contribution in [2.24, 2.45) is 0 Å². The van der Waals surface area contributed by atoms with Gasteiger partial charge in [0.15, 0.2) is 0 Å². The zero-order valence-electron chi connectivity index (χ0n) is 10.8. The van der Waals surface area contributed by atoms with Crippen molar-refractivity contribution in [1.82, 2.24) is 9.97 Å². The molecule has 0 radical (unpaired) electrons. The molecule has 0 bridgehead atoms. The highest BCUT2D eigenvalue weighted by molar-refractivity contribution is 5.81. The minimum Gasteiger partial charge on any atom is -0.497 e. The molecule has 4 nitrogen and oxygen atoms in total. The number of aromatic nitrogens is 2. The van der Waals surface area contributed by atoms with E-state index in [1.54, 1.807) is 14.2 Å². The number of methoxy groups -OCH3 is 2. The van der Waals surface area contributed by atoms with E-state index in [0.717, 1.165) is 33.9 Å². The molecule has 0 fully saturated rings. The molecular weight excluding hydrogens is 240 g/mol. The van der Waals surface area contributed by atoms with Crippen molar-refractivity contribution in [3.63, 3.8) is 0 Å². The van der Waals surface area contributed by atoms with E-state index >= 15 is 0 Å². The molecule has 0 spiro atoms. The molecular formula is C15H14N2O2. The summed E-state index contributed by atoms with van der Waals surface area (Å²) in [6, 6.07) is 13.6. The van der Waals surface area contributed by atoms with Gasteiger partial charge in [0.05, 0.1) is 30.8 Å². The number of imidazole rings is 1. The second-order valence-corrected chi connectivity index (χ2v) is 4.17. The predicted octanol–water partition coefficient (Wildman–Crippen LogP) is 3.25. The maximum Gasteiger partial charge on any atom is 0.142 e. The Hall–Kier alpha value is -2.49. The van der Waals surface area contributed by atoms with Gasteiger partial charge in [-0.2, -0.15) is 0 Å². The first-order chi connectivity index (χ1) is 9.31. The van der Waals surface area contributed by atoms with Crippen molar-refractivity contribution >= 4 is 11.0 Å². The van der Waals surface area contributed by atoms with Gasteiger partial charge in [-0.1, -0.05) is 12.1 Å². The zero-order chi connectivity index (χ0) is 13.2. The van der Waals surface area contributed by atoms with Gasteiger partial charge in [-0.05, 0) is 24.3 Å². The van der Waals surface area contributed by atoms with Crippen molar-refractivity contribution < 1.29 is 9.47 Å². The molecule has 4 heteroatoms. The predicted molar refractivity (Wildman–Crippen MR) is 74.6 cm³/mol. The lowest BCUT2D eigenvalue weighted by molar-refractivity contribution is 0.415. The Labute approximate surface area is 111 Å². The number of rotatable bonds is 3. The maximum absolute atomic E-state index is 5.36. The molecule has 1 N–H and O–H groups in total. The van der Waals surface area contributed by atoms with E-state index in [9.17, 15) is 0 Å². The maximum atomic E-state index is 5.36. The fourth-order valence-corrected chi connectivity index (χ4v) is 2.08. The summed E-state index contributed by atoms with van der Waals surface area (Å²) in [6.45, 7) is 0. The Bertz CT molecular complexity index is 719. The first-order valence-corrected chi connectivity index (χ1v) is 5.99. The Morgan fingerprint density at radius 3 is 2.63 bits per heavy atom. The molecule has 1 heterocycles. The molecule has 0 atom stereocenters. The van der Waals surface area contributed by atoms with Crippen LogP contribution >= 0.6 is 0 Å². The van der Waals surface area contributed by atoms with Crippen LogP contribution in [0.25, 0.3) is 22.4 Å². The number of fused-ring (bicyclic) bond motifs is 1. The van der Waals surface area contributed by atoms with Gasteiger partial charge in [-0.25, -0.2) is 4.98 Å². The number of H-pyrrole nitrogens is 1. The Morgan fingerprint density at radius 2 is 1.84 bits per heavy atom. The summed E-state index contributed by atoms with van der Waals surface area (Å²) >= 11 is 0. The molecule has 3 aromatic rings. The summed E-state index contributed by atoms with van der Waals surface area (Å²) in [5.74, 6) is 2.40. The number of nitrogens with zero attached hydrogens (tertiary/aromatic N) is 1. The van der Waals surface area contributed by atoms with Crippen LogP contribution in [0.2, 0.25) is 0 Å². The highest BCUT2D eigenvalue weighted by atomic mass is 16.5. The van der Waals surface area contributed by atoms with Gasteiger partial charge in [-0.15, -0.1) is 0 Å². The van der Waals surface area contributed by atoms with Gasteiger partial charge in [-0.3, -0.25) is 0 Å². The van der Waals surface area contributed by atoms with Crippen LogP contribution in [0.5, 0.6) is 11.5 Å². The molecule has 0 aliphatic rings. The SMILES string of the molecule is COc1ccc2nc(-c3ccccc3OC)[nH]c2c1. The van der Waals surface area contributed by atoms with Gasteiger partial charge in [0.1, 0.15) is 17.3 Å². The largest absolute Gasteiger partial charge is 0.497 e. The van der Waals surface area contributed by atoms with Crippen molar-refractivity contribution in [3.8, 4) is 22.9 Å². The van der Waals surface area contributed by atoms with Gasteiger partial charge < -0.3 is 14.5 Å². The van der Waals surface area contributed by atoms with Crippen molar-refractivity contribution in [2.45, 2.75) is 0 Å². The minimum atomic E-state index is 0.792. The van der Waals surface area contributed by atoms with Crippen LogP contribution in [0.15, 0.2) is 42.5 Å². The summed E-state index contributed by atoms with van der Waals surface area (Å²) in [7, 11) is 3.31. The fraction of sp³-hybridized carbons (Fsp3) is 0.133. The molecule has 0 aliphatic carbocycles. The molecule has 0 saturated heterocycles. The molecule has 0 unspecified atom stereocenters. The normalized spacial score (nSPS) is 10.6. The lowest BCUT2D eigenvalue weighted by Gasteiger charge is -2.04. The van der Waals surface area contributed by atoms with E-state index in [4.69, 9.17) is 9.47 Å². The second-order valence-electron chi connectivity index (χ2n) is 4.17. The Morgan fingerprint density at radius 1 is 1.00 bits per heavy atom. The van der Waals surface area contributed by atoms with Gasteiger partial charge in [0, 0.05) is 6.07 Å². The highest BCUT2D eigenvalue weighted by Crippen LogP contribution is 2.29. The molecule has 0 amide bonds. The summed E-state index contributed by atoms with van der Waals surface area (Å²) in [4.78, 5) is 7.87. The van der Waals surface area contributed by atoms with E-state index in [1.165, 1.54) is 0 Å². The summed E-state index contributed by atoms with van der Waals surface area (Å²) in [5.41, 5.74) is 2.79. The number of hydrogen-bond donors (Lipinski definition) is 1. The molecule has 19 heavy (non-hydrogen) atoms. The van der Waals surface area contributed by atoms with Crippen LogP contribution in [0.1, 0.15) is 0 Å². The molecule has 96 valence electrons. The molecule has 3 rings (SSSR count). The fourth-order valence-electron chi connectivity index (χ4n) is 2.08. The van der Waals surface area contributed by atoms with Crippen LogP contribution in [0.3, 0.4) is 0 Å². The van der Waals surface area contributed by atoms with E-state index in [2.05, 4.69) is 9.97 Å². The number of nitrogens with one attached hydrogen (secondary N) is 1. The quantitative estimate of drug-likeness (QED) is 0.780. The van der Waals surface area contributed by atoms with Crippen molar-refractivity contribution in [2.75, 3.05) is 14.2 Å². The van der Waals surface area contributed by atoms with E-state index in [-0.39, 0.29) is 0 Å². The third-order valence-electron chi connectivity index (χ3n) is 3.05. The average molecular weight is 254 g/mol. The van der Waals surface area contributed by atoms with Crippen molar-refractivity contribution in [3.05, 3.63) is 42.5 Å². The Balaban J connectivity index is 2.15. The first kappa shape index (κ1) is 11.6. The minimum absolute atomic E-state index is 0.792. The number of para-hydroxylation sites is 1. The third-order valence-corrected chi connectivity index (χ3v) is 3.05. The van der Waals surface area contributed by atoms with Gasteiger partial charge in [0.2, 0.25) is 0 Å². The first-order valence-electron chi connectivity index (χ1n) is 5.99. The lowest BCUT2D eigenvalue weighted by Crippen LogP contribution is -1.88. The van der Waals surface area contributed by atoms with E-state index in [0.29, 0.717) is 0 Å². The van der Waals surface area contributed by atoms with E-state index < -0.39 is 0 Å². The zero-order valence-corrected chi connectivity index (χ0v) is 10.8. The molecule has 1 aromatic heterocycles. The molecule has 0 aliphatic heterocycles. The van der Waals surface area contributed by atoms with Gasteiger partial charge >= 0.3 is 0 Å². The number of aromatic amines is 1. The van der Waals surface area contributed by atoms with E-state index in [1.807, 2.05) is 42.5 Å². The molecule has 0 saturated carbocycles. The monoisotopic (exact) mass is 254 g/mol. The third kappa shape index (κ3) is 2.01. The summed E-state index contributed by atoms with van der Waals surface area (Å²) in [5, 5.41) is 0. The number of hydrogen-bond acceptors (Lipinski definition) is 3. The lowest BCUT2D eigenvalue weighted by atomic mass is 10.2. The van der Waals surface area contributed by atoms with Crippen LogP contribution < -0.4 is 9.47 Å². The van der Waals surface area contributed by atoms with Crippen molar-refractivity contribution in [1.29, 1.82) is 0 Å². The Kier molecular flexibility index (Phi) is 2.83. The van der Waals surface area contributed by atoms with Crippen LogP contribution in [0, 0.1) is 0 Å². The topological polar surface area (TPSA) is 47.1 Å². The summed E-state index contributed by atoms with van der Waals surface area (Å²) in [6.07, 6.45) is 0. The van der Waals surface area contributed by atoms with Gasteiger partial charge in [0.25, 0.3) is 0 Å². The standard InChI is InChI=1S/C15H14N2O2/c1-18-10-7-8-12-13(9-10)17-15(16-12)11-5-3-4-6-14(11)19-2/h3-9H,1-2H3,(H,16,17). The summed E-state index contributed by atoms with van der Waals surface area (Å²) < 4.78 is 10.6. The smallest absolute Gasteiger partial charge is 0.142 e.